The summed E-state index contributed by atoms with van der Waals surface area (Å²) in [4.78, 5) is 0. The van der Waals surface area contributed by atoms with Gasteiger partial charge in [-0.1, -0.05) is 31.2 Å². The van der Waals surface area contributed by atoms with Gasteiger partial charge in [-0.25, -0.2) is 0 Å². The SMILES string of the molecule is CCc1c(OC)c(OC)c(OC)c2cc3ccccc3cc12. The number of fused-ring (bicyclic) bond motifs is 2. The van der Waals surface area contributed by atoms with Gasteiger partial charge in [-0.3, -0.25) is 0 Å². The minimum absolute atomic E-state index is 0.657. The maximum Gasteiger partial charge on any atom is 0.204 e. The third kappa shape index (κ3) is 2.05. The van der Waals surface area contributed by atoms with Gasteiger partial charge in [-0.15, -0.1) is 0 Å². The Hall–Kier alpha value is -2.42. The zero-order valence-corrected chi connectivity index (χ0v) is 13.4. The molecule has 0 aliphatic carbocycles. The van der Waals surface area contributed by atoms with E-state index in [-0.39, 0.29) is 0 Å². The molecule has 0 amide bonds. The van der Waals surface area contributed by atoms with Gasteiger partial charge in [-0.05, 0) is 34.7 Å². The Morgan fingerprint density at radius 1 is 0.727 bits per heavy atom. The van der Waals surface area contributed by atoms with Gasteiger partial charge in [0, 0.05) is 10.9 Å². The fourth-order valence-corrected chi connectivity index (χ4v) is 3.12. The number of ether oxygens (including phenoxy) is 3. The van der Waals surface area contributed by atoms with Crippen LogP contribution in [0.1, 0.15) is 12.5 Å². The lowest BCUT2D eigenvalue weighted by molar-refractivity contribution is 0.325. The van der Waals surface area contributed by atoms with Crippen LogP contribution in [-0.2, 0) is 6.42 Å². The summed E-state index contributed by atoms with van der Waals surface area (Å²) in [7, 11) is 4.98. The topological polar surface area (TPSA) is 27.7 Å². The molecule has 0 atom stereocenters. The summed E-state index contributed by atoms with van der Waals surface area (Å²) < 4.78 is 16.8. The average Bonchev–Trinajstić information content (AvgIpc) is 2.57. The lowest BCUT2D eigenvalue weighted by Gasteiger charge is -2.19. The molecule has 0 unspecified atom stereocenters. The molecule has 0 saturated carbocycles. The molecule has 22 heavy (non-hydrogen) atoms. The minimum Gasteiger partial charge on any atom is -0.492 e. The van der Waals surface area contributed by atoms with Gasteiger partial charge >= 0.3 is 0 Å². The molecule has 0 fully saturated rings. The summed E-state index contributed by atoms with van der Waals surface area (Å²) in [5.74, 6) is 2.13. The van der Waals surface area contributed by atoms with E-state index in [1.165, 1.54) is 10.8 Å². The molecular weight excluding hydrogens is 276 g/mol. The van der Waals surface area contributed by atoms with Gasteiger partial charge in [-0.2, -0.15) is 0 Å². The number of hydrogen-bond donors (Lipinski definition) is 0. The fraction of sp³-hybridized carbons (Fsp3) is 0.263. The average molecular weight is 296 g/mol. The first-order valence-corrected chi connectivity index (χ1v) is 7.38. The number of rotatable bonds is 4. The number of hydrogen-bond acceptors (Lipinski definition) is 3. The molecule has 0 aliphatic heterocycles. The van der Waals surface area contributed by atoms with E-state index in [1.807, 2.05) is 6.07 Å². The molecule has 3 aromatic rings. The van der Waals surface area contributed by atoms with Crippen LogP contribution in [0.15, 0.2) is 36.4 Å². The third-order valence-corrected chi connectivity index (χ3v) is 4.11. The number of aryl methyl sites for hydroxylation is 1. The smallest absolute Gasteiger partial charge is 0.204 e. The van der Waals surface area contributed by atoms with Crippen molar-refractivity contribution < 1.29 is 14.2 Å². The van der Waals surface area contributed by atoms with E-state index in [1.54, 1.807) is 21.3 Å². The van der Waals surface area contributed by atoms with Crippen molar-refractivity contribution in [2.75, 3.05) is 21.3 Å². The first-order chi connectivity index (χ1) is 10.7. The molecule has 0 spiro atoms. The minimum atomic E-state index is 0.657. The second-order valence-electron chi connectivity index (χ2n) is 5.18. The third-order valence-electron chi connectivity index (χ3n) is 4.11. The van der Waals surface area contributed by atoms with Gasteiger partial charge in [0.1, 0.15) is 0 Å². The van der Waals surface area contributed by atoms with E-state index in [2.05, 4.69) is 37.3 Å². The van der Waals surface area contributed by atoms with Crippen LogP contribution in [0.3, 0.4) is 0 Å². The maximum atomic E-state index is 5.64. The standard InChI is InChI=1S/C19H20O3/c1-5-14-15-10-12-8-6-7-9-13(12)11-16(15)18(21-3)19(22-4)17(14)20-2/h6-11H,5H2,1-4H3. The normalized spacial score (nSPS) is 10.9. The van der Waals surface area contributed by atoms with Crippen molar-refractivity contribution >= 4 is 21.5 Å². The quantitative estimate of drug-likeness (QED) is 0.659. The summed E-state index contributed by atoms with van der Waals surface area (Å²) >= 11 is 0. The molecule has 3 nitrogen and oxygen atoms in total. The maximum absolute atomic E-state index is 5.64. The van der Waals surface area contributed by atoms with Gasteiger partial charge in [0.2, 0.25) is 5.75 Å². The highest BCUT2D eigenvalue weighted by atomic mass is 16.5. The Kier molecular flexibility index (Phi) is 3.80. The lowest BCUT2D eigenvalue weighted by Crippen LogP contribution is -2.00. The molecular formula is C19H20O3. The molecule has 0 heterocycles. The Morgan fingerprint density at radius 3 is 1.77 bits per heavy atom. The molecule has 0 N–H and O–H groups in total. The molecule has 0 radical (unpaired) electrons. The van der Waals surface area contributed by atoms with Crippen LogP contribution in [0.25, 0.3) is 21.5 Å². The Balaban J connectivity index is 2.54. The van der Waals surface area contributed by atoms with Gasteiger partial charge in [0.25, 0.3) is 0 Å². The molecule has 3 aromatic carbocycles. The van der Waals surface area contributed by atoms with Crippen LogP contribution in [0.2, 0.25) is 0 Å². The summed E-state index contributed by atoms with van der Waals surface area (Å²) in [5, 5.41) is 4.59. The van der Waals surface area contributed by atoms with E-state index in [0.717, 1.165) is 34.3 Å². The molecule has 3 rings (SSSR count). The van der Waals surface area contributed by atoms with Crippen molar-refractivity contribution in [2.24, 2.45) is 0 Å². The monoisotopic (exact) mass is 296 g/mol. The van der Waals surface area contributed by atoms with Gasteiger partial charge in [0.05, 0.1) is 21.3 Å². The van der Waals surface area contributed by atoms with Crippen LogP contribution >= 0.6 is 0 Å². The zero-order valence-electron chi connectivity index (χ0n) is 13.4. The highest BCUT2D eigenvalue weighted by molar-refractivity contribution is 6.05. The molecule has 0 saturated heterocycles. The van der Waals surface area contributed by atoms with Crippen LogP contribution in [-0.4, -0.2) is 21.3 Å². The highest BCUT2D eigenvalue weighted by Gasteiger charge is 2.21. The van der Waals surface area contributed by atoms with E-state index in [9.17, 15) is 0 Å². The van der Waals surface area contributed by atoms with Crippen molar-refractivity contribution in [1.82, 2.24) is 0 Å². The van der Waals surface area contributed by atoms with Gasteiger partial charge in [0.15, 0.2) is 11.5 Å². The Morgan fingerprint density at radius 2 is 1.27 bits per heavy atom. The van der Waals surface area contributed by atoms with Crippen molar-refractivity contribution in [3.63, 3.8) is 0 Å². The van der Waals surface area contributed by atoms with Crippen LogP contribution in [0, 0.1) is 0 Å². The van der Waals surface area contributed by atoms with E-state index < -0.39 is 0 Å². The van der Waals surface area contributed by atoms with Crippen LogP contribution in [0.5, 0.6) is 17.2 Å². The molecule has 3 heteroatoms. The predicted molar refractivity (Wildman–Crippen MR) is 90.5 cm³/mol. The van der Waals surface area contributed by atoms with Crippen molar-refractivity contribution in [3.05, 3.63) is 42.0 Å². The summed E-state index contributed by atoms with van der Waals surface area (Å²) in [5.41, 5.74) is 1.14. The van der Waals surface area contributed by atoms with Gasteiger partial charge < -0.3 is 14.2 Å². The number of methoxy groups -OCH3 is 3. The fourth-order valence-electron chi connectivity index (χ4n) is 3.12. The zero-order chi connectivity index (χ0) is 15.7. The van der Waals surface area contributed by atoms with Crippen molar-refractivity contribution in [2.45, 2.75) is 13.3 Å². The predicted octanol–water partition coefficient (Wildman–Crippen LogP) is 4.58. The Labute approximate surface area is 130 Å². The largest absolute Gasteiger partial charge is 0.492 e. The second-order valence-corrected chi connectivity index (χ2v) is 5.18. The summed E-state index contributed by atoms with van der Waals surface area (Å²) in [6.45, 7) is 2.12. The Bertz CT molecular complexity index is 767. The second kappa shape index (κ2) is 5.76. The van der Waals surface area contributed by atoms with E-state index >= 15 is 0 Å². The molecule has 0 aromatic heterocycles. The van der Waals surface area contributed by atoms with Crippen molar-refractivity contribution in [1.29, 1.82) is 0 Å². The molecule has 0 aliphatic rings. The summed E-state index contributed by atoms with van der Waals surface area (Å²) in [6.07, 6.45) is 0.859. The van der Waals surface area contributed by atoms with Crippen LogP contribution in [0.4, 0.5) is 0 Å². The highest BCUT2D eigenvalue weighted by Crippen LogP contribution is 2.47. The van der Waals surface area contributed by atoms with E-state index in [0.29, 0.717) is 5.75 Å². The van der Waals surface area contributed by atoms with Crippen LogP contribution < -0.4 is 14.2 Å². The number of benzene rings is 3. The lowest BCUT2D eigenvalue weighted by atomic mass is 9.96. The van der Waals surface area contributed by atoms with Crippen molar-refractivity contribution in [3.8, 4) is 17.2 Å². The molecule has 0 bridgehead atoms. The first-order valence-electron chi connectivity index (χ1n) is 7.38. The summed E-state index contributed by atoms with van der Waals surface area (Å²) in [6, 6.07) is 12.7. The molecule has 114 valence electrons. The first kappa shape index (κ1) is 14.5. The van der Waals surface area contributed by atoms with E-state index in [4.69, 9.17) is 14.2 Å².